The first-order chi connectivity index (χ1) is 8.15. The summed E-state index contributed by atoms with van der Waals surface area (Å²) >= 11 is 0. The van der Waals surface area contributed by atoms with Crippen LogP contribution < -0.4 is 10.6 Å². The monoisotopic (exact) mass is 232 g/mol. The Morgan fingerprint density at radius 1 is 1.12 bits per heavy atom. The van der Waals surface area contributed by atoms with Crippen molar-refractivity contribution < 1.29 is 9.59 Å². The maximum absolute atomic E-state index is 11.4. The van der Waals surface area contributed by atoms with Crippen molar-refractivity contribution >= 4 is 17.5 Å². The van der Waals surface area contributed by atoms with Crippen LogP contribution in [-0.2, 0) is 16.0 Å². The molecule has 0 atom stereocenters. The maximum atomic E-state index is 11.4. The van der Waals surface area contributed by atoms with Gasteiger partial charge in [0.25, 0.3) is 0 Å². The highest BCUT2D eigenvalue weighted by Gasteiger charge is 1.98. The zero-order valence-corrected chi connectivity index (χ0v) is 9.99. The Morgan fingerprint density at radius 2 is 1.71 bits per heavy atom. The average molecular weight is 232 g/mol. The molecule has 0 aliphatic rings. The van der Waals surface area contributed by atoms with Crippen LogP contribution in [0.25, 0.3) is 0 Å². The summed E-state index contributed by atoms with van der Waals surface area (Å²) in [5.41, 5.74) is 1.93. The fourth-order valence-electron chi connectivity index (χ4n) is 1.24. The number of amides is 2. The van der Waals surface area contributed by atoms with Crippen LogP contribution in [0.1, 0.15) is 12.5 Å². The Labute approximate surface area is 101 Å². The largest absolute Gasteiger partial charge is 0.356 e. The van der Waals surface area contributed by atoms with Crippen molar-refractivity contribution in [3.63, 3.8) is 0 Å². The van der Waals surface area contributed by atoms with E-state index in [-0.39, 0.29) is 11.8 Å². The van der Waals surface area contributed by atoms with E-state index in [1.165, 1.54) is 24.8 Å². The van der Waals surface area contributed by atoms with Gasteiger partial charge in [-0.05, 0) is 24.1 Å². The number of rotatable bonds is 4. The minimum atomic E-state index is -0.321. The van der Waals surface area contributed by atoms with E-state index < -0.39 is 0 Å². The zero-order chi connectivity index (χ0) is 12.7. The van der Waals surface area contributed by atoms with Crippen LogP contribution in [0.5, 0.6) is 0 Å². The Kier molecular flexibility index (Phi) is 4.94. The number of benzene rings is 1. The number of anilines is 1. The van der Waals surface area contributed by atoms with Crippen molar-refractivity contribution in [3.05, 3.63) is 42.0 Å². The summed E-state index contributed by atoms with van der Waals surface area (Å²) in [6.45, 7) is 2.07. The van der Waals surface area contributed by atoms with Crippen LogP contribution in [-0.4, -0.2) is 18.9 Å². The fraction of sp³-hybridized carbons (Fsp3) is 0.231. The number of nitrogens with one attached hydrogen (secondary N) is 2. The first-order valence-electron chi connectivity index (χ1n) is 5.45. The number of aryl methyl sites for hydroxylation is 1. The second kappa shape index (κ2) is 6.48. The van der Waals surface area contributed by atoms with E-state index in [1.54, 1.807) is 0 Å². The van der Waals surface area contributed by atoms with Gasteiger partial charge in [0.2, 0.25) is 11.8 Å². The van der Waals surface area contributed by atoms with Gasteiger partial charge in [-0.1, -0.05) is 19.1 Å². The molecule has 0 heterocycles. The van der Waals surface area contributed by atoms with Gasteiger partial charge >= 0.3 is 0 Å². The van der Waals surface area contributed by atoms with Gasteiger partial charge in [0, 0.05) is 24.9 Å². The minimum absolute atomic E-state index is 0.304. The molecule has 1 rings (SSSR count). The predicted octanol–water partition coefficient (Wildman–Crippen LogP) is 1.49. The van der Waals surface area contributed by atoms with Gasteiger partial charge in [0.15, 0.2) is 0 Å². The van der Waals surface area contributed by atoms with Crippen molar-refractivity contribution in [2.75, 3.05) is 12.4 Å². The second-order valence-electron chi connectivity index (χ2n) is 3.49. The molecule has 1 aromatic rings. The van der Waals surface area contributed by atoms with Crippen molar-refractivity contribution in [1.82, 2.24) is 5.32 Å². The summed E-state index contributed by atoms with van der Waals surface area (Å²) < 4.78 is 0. The predicted molar refractivity (Wildman–Crippen MR) is 67.7 cm³/mol. The minimum Gasteiger partial charge on any atom is -0.356 e. The number of carbonyl (C=O) groups is 2. The van der Waals surface area contributed by atoms with Gasteiger partial charge < -0.3 is 10.6 Å². The molecule has 90 valence electrons. The van der Waals surface area contributed by atoms with Gasteiger partial charge in [0.1, 0.15) is 0 Å². The van der Waals surface area contributed by atoms with Gasteiger partial charge in [-0.25, -0.2) is 0 Å². The normalized spacial score (nSPS) is 10.2. The molecular formula is C13H16N2O2. The Bertz CT molecular complexity index is 422. The van der Waals surface area contributed by atoms with E-state index >= 15 is 0 Å². The smallest absolute Gasteiger partial charge is 0.248 e. The summed E-state index contributed by atoms with van der Waals surface area (Å²) in [6, 6.07) is 7.59. The molecular weight excluding hydrogens is 216 g/mol. The molecule has 0 saturated heterocycles. The molecule has 2 amide bonds. The Hall–Kier alpha value is -2.10. The molecule has 0 unspecified atom stereocenters. The van der Waals surface area contributed by atoms with E-state index in [9.17, 15) is 9.59 Å². The number of hydrogen-bond donors (Lipinski definition) is 2. The summed E-state index contributed by atoms with van der Waals surface area (Å²) in [5.74, 6) is -0.626. The van der Waals surface area contributed by atoms with Crippen LogP contribution in [0.15, 0.2) is 36.4 Å². The van der Waals surface area contributed by atoms with E-state index in [2.05, 4.69) is 17.6 Å². The lowest BCUT2D eigenvalue weighted by Gasteiger charge is -2.03. The highest BCUT2D eigenvalue weighted by atomic mass is 16.2. The van der Waals surface area contributed by atoms with Crippen molar-refractivity contribution in [1.29, 1.82) is 0 Å². The van der Waals surface area contributed by atoms with E-state index in [1.807, 2.05) is 24.3 Å². The summed E-state index contributed by atoms with van der Waals surface area (Å²) in [6.07, 6.45) is 3.35. The van der Waals surface area contributed by atoms with Crippen LogP contribution in [0.2, 0.25) is 0 Å². The third-order valence-corrected chi connectivity index (χ3v) is 2.26. The van der Waals surface area contributed by atoms with Gasteiger partial charge in [-0.3, -0.25) is 9.59 Å². The van der Waals surface area contributed by atoms with E-state index in [4.69, 9.17) is 0 Å². The van der Waals surface area contributed by atoms with Crippen LogP contribution in [0, 0.1) is 0 Å². The van der Waals surface area contributed by atoms with Crippen LogP contribution in [0.3, 0.4) is 0 Å². The molecule has 0 radical (unpaired) electrons. The highest BCUT2D eigenvalue weighted by Crippen LogP contribution is 2.09. The molecule has 1 aromatic carbocycles. The molecule has 0 saturated carbocycles. The molecule has 0 bridgehead atoms. The molecule has 17 heavy (non-hydrogen) atoms. The summed E-state index contributed by atoms with van der Waals surface area (Å²) in [4.78, 5) is 22.3. The van der Waals surface area contributed by atoms with E-state index in [0.29, 0.717) is 5.69 Å². The lowest BCUT2D eigenvalue weighted by molar-refractivity contribution is -0.117. The van der Waals surface area contributed by atoms with Gasteiger partial charge in [0.05, 0.1) is 0 Å². The summed E-state index contributed by atoms with van der Waals surface area (Å²) in [7, 11) is 1.51. The molecule has 0 fully saturated rings. The van der Waals surface area contributed by atoms with Gasteiger partial charge in [-0.15, -0.1) is 0 Å². The topological polar surface area (TPSA) is 58.2 Å². The quantitative estimate of drug-likeness (QED) is 0.773. The molecule has 0 aliphatic heterocycles. The lowest BCUT2D eigenvalue weighted by Crippen LogP contribution is -2.16. The van der Waals surface area contributed by atoms with Crippen molar-refractivity contribution in [3.8, 4) is 0 Å². The molecule has 4 nitrogen and oxygen atoms in total. The molecule has 0 spiro atoms. The first kappa shape index (κ1) is 13.0. The number of likely N-dealkylation sites (N-methyl/N-ethyl adjacent to an activating group) is 1. The molecule has 4 heteroatoms. The standard InChI is InChI=1S/C13H16N2O2/c1-3-10-4-6-11(7-5-10)15-13(17)9-8-12(16)14-2/h4-9H,3H2,1-2H3,(H,14,16)(H,15,17)/b9-8+. The van der Waals surface area contributed by atoms with Crippen LogP contribution >= 0.6 is 0 Å². The molecule has 2 N–H and O–H groups in total. The number of carbonyl (C=O) groups excluding carboxylic acids is 2. The van der Waals surface area contributed by atoms with Crippen LogP contribution in [0.4, 0.5) is 5.69 Å². The third-order valence-electron chi connectivity index (χ3n) is 2.26. The third kappa shape index (κ3) is 4.51. The first-order valence-corrected chi connectivity index (χ1v) is 5.45. The highest BCUT2D eigenvalue weighted by molar-refractivity contribution is 6.03. The second-order valence-corrected chi connectivity index (χ2v) is 3.49. The summed E-state index contributed by atoms with van der Waals surface area (Å²) in [5, 5.41) is 5.06. The number of hydrogen-bond acceptors (Lipinski definition) is 2. The fourth-order valence-corrected chi connectivity index (χ4v) is 1.24. The van der Waals surface area contributed by atoms with Crippen molar-refractivity contribution in [2.24, 2.45) is 0 Å². The SMILES string of the molecule is CCc1ccc(NC(=O)/C=C/C(=O)NC)cc1. The van der Waals surface area contributed by atoms with Crippen molar-refractivity contribution in [2.45, 2.75) is 13.3 Å². The maximum Gasteiger partial charge on any atom is 0.248 e. The average Bonchev–Trinajstić information content (AvgIpc) is 2.36. The Morgan fingerprint density at radius 3 is 2.24 bits per heavy atom. The van der Waals surface area contributed by atoms with E-state index in [0.717, 1.165) is 6.42 Å². The van der Waals surface area contributed by atoms with Gasteiger partial charge in [-0.2, -0.15) is 0 Å². The lowest BCUT2D eigenvalue weighted by atomic mass is 10.1. The zero-order valence-electron chi connectivity index (χ0n) is 9.99. The Balaban J connectivity index is 2.56. The molecule has 0 aliphatic carbocycles. The molecule has 0 aromatic heterocycles.